The predicted molar refractivity (Wildman–Crippen MR) is 252 cm³/mol. The molecule has 11 aromatic rings. The Morgan fingerprint density at radius 2 is 0.790 bits per heavy atom. The zero-order valence-corrected chi connectivity index (χ0v) is 33.6. The standard InChI is InChI=1S/C58H37N3O/c1-4-17-38(18-5-1)40-21-16-22-42(35-40)56-59-55(39-19-6-2-7-20-39)60-57(61-56)50-28-11-10-25-45(50)41-31-33-48-49-34-32-44(37-54(49)62-53(48)36-41)58(43-23-8-3-9-24-43)51-29-14-12-26-46(51)47-27-13-15-30-52(47)58/h1-37H. The second kappa shape index (κ2) is 14.5. The Kier molecular flexibility index (Phi) is 8.36. The first-order valence-electron chi connectivity index (χ1n) is 21.0. The van der Waals surface area contributed by atoms with Crippen molar-refractivity contribution in [2.45, 2.75) is 5.41 Å². The highest BCUT2D eigenvalue weighted by Crippen LogP contribution is 2.56. The van der Waals surface area contributed by atoms with E-state index >= 15 is 0 Å². The monoisotopic (exact) mass is 791 g/mol. The molecule has 0 radical (unpaired) electrons. The number of fused-ring (bicyclic) bond motifs is 6. The smallest absolute Gasteiger partial charge is 0.164 e. The van der Waals surface area contributed by atoms with Gasteiger partial charge in [-0.3, -0.25) is 0 Å². The van der Waals surface area contributed by atoms with Gasteiger partial charge in [0.2, 0.25) is 0 Å². The lowest BCUT2D eigenvalue weighted by molar-refractivity contribution is 0.666. The van der Waals surface area contributed by atoms with Gasteiger partial charge >= 0.3 is 0 Å². The van der Waals surface area contributed by atoms with E-state index in [-0.39, 0.29) is 0 Å². The van der Waals surface area contributed by atoms with E-state index in [0.29, 0.717) is 17.5 Å². The second-order valence-electron chi connectivity index (χ2n) is 15.9. The number of hydrogen-bond donors (Lipinski definition) is 0. The molecule has 2 aromatic heterocycles. The third-order valence-electron chi connectivity index (χ3n) is 12.4. The number of aromatic nitrogens is 3. The van der Waals surface area contributed by atoms with Crippen molar-refractivity contribution in [3.8, 4) is 67.5 Å². The quantitative estimate of drug-likeness (QED) is 0.161. The van der Waals surface area contributed by atoms with Crippen molar-refractivity contribution in [3.05, 3.63) is 247 Å². The van der Waals surface area contributed by atoms with Crippen LogP contribution in [0.4, 0.5) is 0 Å². The SMILES string of the molecule is c1ccc(-c2cccc(-c3nc(-c4ccccc4)nc(-c4ccccc4-c4ccc5c(c4)oc4cc(C6(c7ccccc7)c7ccccc7-c7ccccc76)ccc45)n3)c2)cc1. The summed E-state index contributed by atoms with van der Waals surface area (Å²) in [5, 5.41) is 2.15. The third-order valence-corrected chi connectivity index (χ3v) is 12.4. The highest BCUT2D eigenvalue weighted by molar-refractivity contribution is 6.07. The van der Waals surface area contributed by atoms with Crippen molar-refractivity contribution in [2.75, 3.05) is 0 Å². The Hall–Kier alpha value is -8.21. The molecular formula is C58H37N3O. The normalized spacial score (nSPS) is 12.6. The first-order chi connectivity index (χ1) is 30.7. The number of nitrogens with zero attached hydrogens (tertiary/aromatic N) is 3. The second-order valence-corrected chi connectivity index (χ2v) is 15.9. The van der Waals surface area contributed by atoms with E-state index in [9.17, 15) is 0 Å². The number of benzene rings is 9. The number of furan rings is 1. The third kappa shape index (κ3) is 5.72. The van der Waals surface area contributed by atoms with Gasteiger partial charge in [0, 0.05) is 27.5 Å². The van der Waals surface area contributed by atoms with Crippen LogP contribution in [-0.4, -0.2) is 15.0 Å². The Labute approximate surface area is 359 Å². The van der Waals surface area contributed by atoms with E-state index in [4.69, 9.17) is 19.4 Å². The molecule has 0 bridgehead atoms. The number of hydrogen-bond acceptors (Lipinski definition) is 4. The fraction of sp³-hybridized carbons (Fsp3) is 0.0172. The molecular weight excluding hydrogens is 755 g/mol. The Morgan fingerprint density at radius 3 is 1.48 bits per heavy atom. The van der Waals surface area contributed by atoms with Gasteiger partial charge in [-0.1, -0.05) is 200 Å². The van der Waals surface area contributed by atoms with Crippen LogP contribution in [0.2, 0.25) is 0 Å². The van der Waals surface area contributed by atoms with Crippen molar-refractivity contribution in [3.63, 3.8) is 0 Å². The maximum absolute atomic E-state index is 6.88. The van der Waals surface area contributed by atoms with Gasteiger partial charge in [0.05, 0.1) is 5.41 Å². The zero-order chi connectivity index (χ0) is 41.0. The summed E-state index contributed by atoms with van der Waals surface area (Å²) in [6.45, 7) is 0. The molecule has 12 rings (SSSR count). The van der Waals surface area contributed by atoms with Gasteiger partial charge in [-0.25, -0.2) is 15.0 Å². The summed E-state index contributed by atoms with van der Waals surface area (Å²) in [7, 11) is 0. The van der Waals surface area contributed by atoms with Gasteiger partial charge in [0.1, 0.15) is 11.2 Å². The molecule has 9 aromatic carbocycles. The van der Waals surface area contributed by atoms with E-state index in [1.807, 2.05) is 42.5 Å². The van der Waals surface area contributed by atoms with E-state index < -0.39 is 5.41 Å². The highest BCUT2D eigenvalue weighted by atomic mass is 16.3. The highest BCUT2D eigenvalue weighted by Gasteiger charge is 2.46. The van der Waals surface area contributed by atoms with Crippen LogP contribution in [0.25, 0.3) is 89.5 Å². The molecule has 0 unspecified atom stereocenters. The molecule has 0 amide bonds. The minimum atomic E-state index is -0.503. The molecule has 0 saturated carbocycles. The molecule has 0 spiro atoms. The Balaban J connectivity index is 0.992. The average molecular weight is 792 g/mol. The van der Waals surface area contributed by atoms with Crippen LogP contribution < -0.4 is 0 Å². The molecule has 2 heterocycles. The summed E-state index contributed by atoms with van der Waals surface area (Å²) in [4.78, 5) is 15.4. The van der Waals surface area contributed by atoms with Crippen molar-refractivity contribution in [1.29, 1.82) is 0 Å². The molecule has 62 heavy (non-hydrogen) atoms. The van der Waals surface area contributed by atoms with Crippen LogP contribution in [0.1, 0.15) is 22.3 Å². The molecule has 4 nitrogen and oxygen atoms in total. The lowest BCUT2D eigenvalue weighted by Crippen LogP contribution is -2.28. The summed E-state index contributed by atoms with van der Waals surface area (Å²) in [6.07, 6.45) is 0. The van der Waals surface area contributed by atoms with E-state index in [1.165, 1.54) is 33.4 Å². The first kappa shape index (κ1) is 35.7. The fourth-order valence-corrected chi connectivity index (χ4v) is 9.63. The van der Waals surface area contributed by atoms with Gasteiger partial charge in [-0.05, 0) is 79.9 Å². The number of rotatable bonds is 7. The van der Waals surface area contributed by atoms with Gasteiger partial charge in [0.15, 0.2) is 17.5 Å². The Morgan fingerprint density at radius 1 is 0.290 bits per heavy atom. The first-order valence-corrected chi connectivity index (χ1v) is 21.0. The maximum atomic E-state index is 6.88. The van der Waals surface area contributed by atoms with Crippen LogP contribution in [0.5, 0.6) is 0 Å². The van der Waals surface area contributed by atoms with E-state index in [2.05, 4.69) is 182 Å². The van der Waals surface area contributed by atoms with Crippen LogP contribution in [0.3, 0.4) is 0 Å². The summed E-state index contributed by atoms with van der Waals surface area (Å²) < 4.78 is 6.88. The Bertz CT molecular complexity index is 3420. The topological polar surface area (TPSA) is 51.8 Å². The van der Waals surface area contributed by atoms with Crippen molar-refractivity contribution in [1.82, 2.24) is 15.0 Å². The van der Waals surface area contributed by atoms with Gasteiger partial charge in [-0.15, -0.1) is 0 Å². The largest absolute Gasteiger partial charge is 0.456 e. The fourth-order valence-electron chi connectivity index (χ4n) is 9.63. The van der Waals surface area contributed by atoms with Crippen LogP contribution >= 0.6 is 0 Å². The minimum absolute atomic E-state index is 0.503. The van der Waals surface area contributed by atoms with Crippen molar-refractivity contribution in [2.24, 2.45) is 0 Å². The minimum Gasteiger partial charge on any atom is -0.456 e. The molecule has 1 aliphatic carbocycles. The van der Waals surface area contributed by atoms with Crippen LogP contribution in [0, 0.1) is 0 Å². The molecule has 0 N–H and O–H groups in total. The molecule has 0 atom stereocenters. The summed E-state index contributed by atoms with van der Waals surface area (Å²) in [6, 6.07) is 79.2. The van der Waals surface area contributed by atoms with Gasteiger partial charge < -0.3 is 4.42 Å². The average Bonchev–Trinajstić information content (AvgIpc) is 3.88. The van der Waals surface area contributed by atoms with Crippen LogP contribution in [0.15, 0.2) is 229 Å². The molecule has 0 fully saturated rings. The van der Waals surface area contributed by atoms with Crippen LogP contribution in [-0.2, 0) is 5.41 Å². The summed E-state index contributed by atoms with van der Waals surface area (Å²) in [5.41, 5.74) is 15.7. The summed E-state index contributed by atoms with van der Waals surface area (Å²) >= 11 is 0. The zero-order valence-electron chi connectivity index (χ0n) is 33.6. The van der Waals surface area contributed by atoms with Crippen molar-refractivity contribution >= 4 is 21.9 Å². The van der Waals surface area contributed by atoms with Crippen molar-refractivity contribution < 1.29 is 4.42 Å². The molecule has 290 valence electrons. The molecule has 0 aliphatic heterocycles. The molecule has 1 aliphatic rings. The van der Waals surface area contributed by atoms with E-state index in [0.717, 1.165) is 60.9 Å². The summed E-state index contributed by atoms with van der Waals surface area (Å²) in [5.74, 6) is 1.84. The molecule has 0 saturated heterocycles. The van der Waals surface area contributed by atoms with E-state index in [1.54, 1.807) is 0 Å². The maximum Gasteiger partial charge on any atom is 0.164 e. The molecule has 4 heteroatoms. The van der Waals surface area contributed by atoms with Gasteiger partial charge in [0.25, 0.3) is 0 Å². The predicted octanol–water partition coefficient (Wildman–Crippen LogP) is 14.5. The van der Waals surface area contributed by atoms with Gasteiger partial charge in [-0.2, -0.15) is 0 Å². The lowest BCUT2D eigenvalue weighted by atomic mass is 9.67. The lowest BCUT2D eigenvalue weighted by Gasteiger charge is -2.33.